The third-order valence-electron chi connectivity index (χ3n) is 13.2. The van der Waals surface area contributed by atoms with E-state index in [2.05, 4.69) is 15.6 Å². The predicted molar refractivity (Wildman–Crippen MR) is 269 cm³/mol. The fourth-order valence-electron chi connectivity index (χ4n) is 9.61. The summed E-state index contributed by atoms with van der Waals surface area (Å²) in [6.45, 7) is 9.99. The number of carbonyl (C=O) groups is 3. The van der Waals surface area contributed by atoms with Crippen molar-refractivity contribution in [2.45, 2.75) is 109 Å². The van der Waals surface area contributed by atoms with Gasteiger partial charge in [0.25, 0.3) is 0 Å². The number of hydrogen-bond acceptors (Lipinski definition) is 12. The standard InChI is InChI=1S/C53H61N5O10S2/c1-6-58(70(65,66)44-28-43-46(34-14-20-38(59)21-15-34)47(48(44)68-43)35-16-22-39(60)23-17-35)37-18-24-41(25-19-37)67-26-8-7-9-45(62)56-50(53(3,4)5)52(64)57-30-40(61)27-42(57)51(63)54-29-33-10-12-36(13-11-33)49-32(2)55-31-69-49/h10-25,31,40,42-44,48,50,59-61H,6-9,26-30H2,1-5H3,(H,54,63)(H,56,62)/t40-,42+,43?,44?,48?,50-/m1/s1. The van der Waals surface area contributed by atoms with Gasteiger partial charge in [-0.3, -0.25) is 18.7 Å². The van der Waals surface area contributed by atoms with Crippen molar-refractivity contribution in [1.29, 1.82) is 0 Å². The van der Waals surface area contributed by atoms with Crippen LogP contribution in [0.1, 0.15) is 82.2 Å². The molecule has 0 spiro atoms. The molecule has 0 saturated carbocycles. The minimum Gasteiger partial charge on any atom is -0.508 e. The van der Waals surface area contributed by atoms with Gasteiger partial charge < -0.3 is 40.3 Å². The number of anilines is 1. The summed E-state index contributed by atoms with van der Waals surface area (Å²) in [5.41, 5.74) is 7.65. The number of amides is 3. The van der Waals surface area contributed by atoms with Crippen molar-refractivity contribution in [2.24, 2.45) is 5.41 Å². The number of phenolic OH excluding ortho intramolecular Hbond substituents is 2. The maximum Gasteiger partial charge on any atom is 0.246 e. The van der Waals surface area contributed by atoms with Crippen molar-refractivity contribution < 1.29 is 47.6 Å². The number of nitrogens with zero attached hydrogens (tertiary/aromatic N) is 3. The fraction of sp³-hybridized carbons (Fsp3) is 0.396. The topological polar surface area (TPSA) is 208 Å². The first-order valence-electron chi connectivity index (χ1n) is 23.7. The van der Waals surface area contributed by atoms with Crippen LogP contribution in [0.2, 0.25) is 0 Å². The molecule has 2 saturated heterocycles. The normalized spacial score (nSPS) is 20.4. The summed E-state index contributed by atoms with van der Waals surface area (Å²) in [7, 11) is -3.95. The highest BCUT2D eigenvalue weighted by molar-refractivity contribution is 7.93. The number of aliphatic hydroxyl groups excluding tert-OH is 1. The number of carbonyl (C=O) groups excluding carboxylic acids is 3. The van der Waals surface area contributed by atoms with Crippen LogP contribution in [0, 0.1) is 12.3 Å². The summed E-state index contributed by atoms with van der Waals surface area (Å²) in [5, 5.41) is 35.6. The molecule has 5 aromatic rings. The summed E-state index contributed by atoms with van der Waals surface area (Å²) in [6.07, 6.45) is -0.657. The SMILES string of the molecule is CCN(c1ccc(OCCCCC(=O)N[C@H](C(=O)N2C[C@H](O)C[C@H]2C(=O)NCc2ccc(-c3scnc3C)cc2)C(C)(C)C)cc1)S(=O)(=O)C1CC2OC1C(c1ccc(O)cc1)=C2c1ccc(O)cc1. The van der Waals surface area contributed by atoms with E-state index in [1.807, 2.05) is 57.5 Å². The van der Waals surface area contributed by atoms with Crippen LogP contribution in [0.3, 0.4) is 0 Å². The van der Waals surface area contributed by atoms with Crippen molar-refractivity contribution in [3.8, 4) is 27.7 Å². The lowest BCUT2D eigenvalue weighted by Gasteiger charge is -2.35. The first kappa shape index (κ1) is 50.1. The highest BCUT2D eigenvalue weighted by Gasteiger charge is 2.54. The highest BCUT2D eigenvalue weighted by Crippen LogP contribution is 2.51. The maximum atomic E-state index is 14.5. The molecule has 4 aromatic carbocycles. The van der Waals surface area contributed by atoms with Crippen LogP contribution in [-0.2, 0) is 35.7 Å². The first-order chi connectivity index (χ1) is 33.4. The van der Waals surface area contributed by atoms with Gasteiger partial charge in [0, 0.05) is 32.5 Å². The van der Waals surface area contributed by atoms with E-state index in [0.29, 0.717) is 30.9 Å². The number of benzene rings is 4. The number of hydrogen-bond donors (Lipinski definition) is 5. The Morgan fingerprint density at radius 1 is 0.886 bits per heavy atom. The molecule has 17 heteroatoms. The van der Waals surface area contributed by atoms with Gasteiger partial charge in [-0.2, -0.15) is 0 Å². The Labute approximate surface area is 413 Å². The number of thiazole rings is 1. The van der Waals surface area contributed by atoms with Crippen molar-refractivity contribution >= 4 is 55.9 Å². The van der Waals surface area contributed by atoms with Crippen molar-refractivity contribution in [3.63, 3.8) is 0 Å². The molecular weight excluding hydrogens is 931 g/mol. The Kier molecular flexibility index (Phi) is 15.0. The van der Waals surface area contributed by atoms with Gasteiger partial charge in [-0.05, 0) is 120 Å². The van der Waals surface area contributed by atoms with Gasteiger partial charge in [-0.1, -0.05) is 69.3 Å². The third kappa shape index (κ3) is 10.9. The fourth-order valence-corrected chi connectivity index (χ4v) is 12.5. The lowest BCUT2D eigenvalue weighted by atomic mass is 9.83. The number of aromatic nitrogens is 1. The van der Waals surface area contributed by atoms with E-state index in [1.54, 1.807) is 91.1 Å². The average Bonchev–Trinajstić information content (AvgIpc) is 4.15. The van der Waals surface area contributed by atoms with Gasteiger partial charge in [0.2, 0.25) is 27.7 Å². The lowest BCUT2D eigenvalue weighted by molar-refractivity contribution is -0.144. The molecule has 370 valence electrons. The molecule has 2 bridgehead atoms. The summed E-state index contributed by atoms with van der Waals surface area (Å²) < 4.78 is 42.8. The molecule has 3 aliphatic rings. The molecule has 3 amide bonds. The number of nitrogens with one attached hydrogen (secondary N) is 2. The molecule has 70 heavy (non-hydrogen) atoms. The summed E-state index contributed by atoms with van der Waals surface area (Å²) >= 11 is 1.57. The first-order valence-corrected chi connectivity index (χ1v) is 26.1. The van der Waals surface area contributed by atoms with Gasteiger partial charge in [-0.15, -0.1) is 11.3 Å². The molecule has 5 N–H and O–H groups in total. The monoisotopic (exact) mass is 991 g/mol. The van der Waals surface area contributed by atoms with Crippen LogP contribution in [0.5, 0.6) is 17.2 Å². The Hall–Kier alpha value is -6.27. The number of sulfonamides is 1. The lowest BCUT2D eigenvalue weighted by Crippen LogP contribution is -2.57. The maximum absolute atomic E-state index is 14.5. The second-order valence-electron chi connectivity index (χ2n) is 19.2. The van der Waals surface area contributed by atoms with Crippen LogP contribution < -0.4 is 19.7 Å². The summed E-state index contributed by atoms with van der Waals surface area (Å²) in [4.78, 5) is 47.7. The Balaban J connectivity index is 0.825. The molecule has 6 atom stereocenters. The van der Waals surface area contributed by atoms with Gasteiger partial charge in [0.05, 0.1) is 40.6 Å². The zero-order valence-electron chi connectivity index (χ0n) is 40.0. The summed E-state index contributed by atoms with van der Waals surface area (Å²) in [6, 6.07) is 26.3. The van der Waals surface area contributed by atoms with Gasteiger partial charge >= 0.3 is 0 Å². The Bertz CT molecular complexity index is 2810. The van der Waals surface area contributed by atoms with E-state index in [-0.39, 0.29) is 62.2 Å². The molecule has 0 aliphatic carbocycles. The largest absolute Gasteiger partial charge is 0.508 e. The molecule has 3 unspecified atom stereocenters. The smallest absolute Gasteiger partial charge is 0.246 e. The number of phenols is 2. The van der Waals surface area contributed by atoms with E-state index in [1.165, 1.54) is 9.21 Å². The number of aromatic hydroxyl groups is 2. The van der Waals surface area contributed by atoms with Crippen molar-refractivity contribution in [1.82, 2.24) is 20.5 Å². The van der Waals surface area contributed by atoms with E-state index in [4.69, 9.17) is 9.47 Å². The molecule has 4 heterocycles. The molecular formula is C53H61N5O10S2. The molecule has 3 aliphatic heterocycles. The minimum atomic E-state index is -3.95. The van der Waals surface area contributed by atoms with Crippen molar-refractivity contribution in [3.05, 3.63) is 125 Å². The van der Waals surface area contributed by atoms with E-state index < -0.39 is 57.0 Å². The predicted octanol–water partition coefficient (Wildman–Crippen LogP) is 7.19. The number of likely N-dealkylation sites (tertiary alicyclic amines) is 1. The average molecular weight is 992 g/mol. The molecule has 1 aromatic heterocycles. The molecule has 8 rings (SSSR count). The number of fused-ring (bicyclic) bond motifs is 2. The number of ether oxygens (including phenoxy) is 2. The van der Waals surface area contributed by atoms with Crippen LogP contribution in [-0.4, -0.2) is 107 Å². The van der Waals surface area contributed by atoms with Crippen molar-refractivity contribution in [2.75, 3.05) is 24.0 Å². The Morgan fingerprint density at radius 2 is 1.51 bits per heavy atom. The van der Waals surface area contributed by atoms with Crippen LogP contribution in [0.15, 0.2) is 103 Å². The number of aliphatic hydroxyl groups is 1. The summed E-state index contributed by atoms with van der Waals surface area (Å²) in [5.74, 6) is -0.380. The molecule has 2 fully saturated rings. The van der Waals surface area contributed by atoms with Gasteiger partial charge in [-0.25, -0.2) is 13.4 Å². The van der Waals surface area contributed by atoms with Gasteiger partial charge in [0.1, 0.15) is 40.7 Å². The van der Waals surface area contributed by atoms with Gasteiger partial charge in [0.15, 0.2) is 0 Å². The molecule has 15 nitrogen and oxygen atoms in total. The second kappa shape index (κ2) is 21.0. The highest BCUT2D eigenvalue weighted by atomic mass is 32.2. The third-order valence-corrected chi connectivity index (χ3v) is 16.5. The second-order valence-corrected chi connectivity index (χ2v) is 22.1. The molecule has 0 radical (unpaired) electrons. The number of aryl methyl sites for hydroxylation is 1. The Morgan fingerprint density at radius 3 is 2.11 bits per heavy atom. The zero-order chi connectivity index (χ0) is 49.9. The number of unbranched alkanes of at least 4 members (excludes halogenated alkanes) is 1. The quantitative estimate of drug-likeness (QED) is 0.0555. The number of β-amino-alcohol motifs (C(OH)–C–C–N with tert-alkyl or cyclic N) is 1. The minimum absolute atomic E-state index is 0.0203. The van der Waals surface area contributed by atoms with E-state index in [9.17, 15) is 38.1 Å². The van der Waals surface area contributed by atoms with Crippen LogP contribution in [0.25, 0.3) is 21.6 Å². The zero-order valence-corrected chi connectivity index (χ0v) is 41.6. The van der Waals surface area contributed by atoms with E-state index in [0.717, 1.165) is 44.0 Å². The van der Waals surface area contributed by atoms with Crippen LogP contribution in [0.4, 0.5) is 5.69 Å². The number of rotatable bonds is 18. The van der Waals surface area contributed by atoms with E-state index >= 15 is 0 Å². The van der Waals surface area contributed by atoms with Crippen LogP contribution >= 0.6 is 11.3 Å².